The Morgan fingerprint density at radius 3 is 2.50 bits per heavy atom. The van der Waals surface area contributed by atoms with E-state index in [0.29, 0.717) is 11.3 Å². The number of halogens is 1. The Morgan fingerprint density at radius 2 is 1.78 bits per heavy atom. The number of aliphatic hydroxyl groups is 1. The molecular weight excluding hydrogens is 341 g/mol. The minimum Gasteiger partial charge on any atom is -0.489 e. The second kappa shape index (κ2) is 6.06. The normalized spacial score (nSPS) is 12.1. The molecule has 0 radical (unpaired) electrons. The van der Waals surface area contributed by atoms with Crippen LogP contribution in [0.4, 0.5) is 5.69 Å². The zero-order valence-electron chi connectivity index (χ0n) is 9.71. The number of ether oxygens (including phenoxy) is 1. The molecule has 2 rings (SSSR count). The Hall–Kier alpha value is -1.27. The predicted molar refractivity (Wildman–Crippen MR) is 80.5 cm³/mol. The summed E-state index contributed by atoms with van der Waals surface area (Å²) in [5.74, 6) is 0.770. The molecule has 0 aliphatic heterocycles. The molecule has 3 N–H and O–H groups in total. The van der Waals surface area contributed by atoms with Crippen molar-refractivity contribution in [1.82, 2.24) is 0 Å². The second-order valence-corrected chi connectivity index (χ2v) is 5.05. The van der Waals surface area contributed by atoms with Gasteiger partial charge in [0.1, 0.15) is 18.5 Å². The van der Waals surface area contributed by atoms with Crippen molar-refractivity contribution < 1.29 is 9.84 Å². The zero-order chi connectivity index (χ0) is 13.0. The van der Waals surface area contributed by atoms with Crippen LogP contribution in [0.1, 0.15) is 11.7 Å². The lowest BCUT2D eigenvalue weighted by Crippen LogP contribution is -2.11. The minimum atomic E-state index is -0.720. The fraction of sp³-hybridized carbons (Fsp3) is 0.143. The van der Waals surface area contributed by atoms with Gasteiger partial charge in [0.25, 0.3) is 0 Å². The topological polar surface area (TPSA) is 55.5 Å². The average Bonchev–Trinajstić information content (AvgIpc) is 2.38. The smallest absolute Gasteiger partial charge is 0.132 e. The third-order valence-corrected chi connectivity index (χ3v) is 3.48. The molecule has 1 atom stereocenters. The van der Waals surface area contributed by atoms with Gasteiger partial charge in [0.2, 0.25) is 0 Å². The van der Waals surface area contributed by atoms with Gasteiger partial charge in [-0.3, -0.25) is 0 Å². The van der Waals surface area contributed by atoms with Gasteiger partial charge in [-0.05, 0) is 40.8 Å². The Kier molecular flexibility index (Phi) is 4.43. The number of rotatable bonds is 4. The molecule has 0 bridgehead atoms. The van der Waals surface area contributed by atoms with E-state index < -0.39 is 6.10 Å². The van der Waals surface area contributed by atoms with Crippen LogP contribution in [0.3, 0.4) is 0 Å². The molecule has 94 valence electrons. The average molecular weight is 355 g/mol. The number of hydrogen-bond donors (Lipinski definition) is 2. The van der Waals surface area contributed by atoms with Crippen molar-refractivity contribution in [2.24, 2.45) is 0 Å². The van der Waals surface area contributed by atoms with Gasteiger partial charge < -0.3 is 15.6 Å². The van der Waals surface area contributed by atoms with Crippen LogP contribution < -0.4 is 10.5 Å². The fourth-order valence-corrected chi connectivity index (χ4v) is 2.18. The highest BCUT2D eigenvalue weighted by atomic mass is 127. The van der Waals surface area contributed by atoms with E-state index in [9.17, 15) is 5.11 Å². The van der Waals surface area contributed by atoms with E-state index in [1.807, 2.05) is 36.4 Å². The summed E-state index contributed by atoms with van der Waals surface area (Å²) >= 11 is 2.20. The van der Waals surface area contributed by atoms with E-state index >= 15 is 0 Å². The Balaban J connectivity index is 2.03. The standard InChI is InChI=1S/C14H14INO2/c15-11-6-2-4-8-14(11)18-9-13(17)10-5-1-3-7-12(10)16/h1-8,13,17H,9,16H2. The monoisotopic (exact) mass is 355 g/mol. The van der Waals surface area contributed by atoms with Gasteiger partial charge in [-0.15, -0.1) is 0 Å². The number of aliphatic hydroxyl groups excluding tert-OH is 1. The first-order chi connectivity index (χ1) is 8.68. The van der Waals surface area contributed by atoms with Gasteiger partial charge in [-0.25, -0.2) is 0 Å². The molecule has 4 heteroatoms. The van der Waals surface area contributed by atoms with E-state index in [4.69, 9.17) is 10.5 Å². The third-order valence-electron chi connectivity index (χ3n) is 2.59. The maximum Gasteiger partial charge on any atom is 0.132 e. The molecule has 1 unspecified atom stereocenters. The summed E-state index contributed by atoms with van der Waals surface area (Å²) in [6.07, 6.45) is -0.720. The van der Waals surface area contributed by atoms with Crippen molar-refractivity contribution in [1.29, 1.82) is 0 Å². The molecule has 0 aliphatic rings. The van der Waals surface area contributed by atoms with Crippen LogP contribution in [0, 0.1) is 3.57 Å². The van der Waals surface area contributed by atoms with E-state index in [1.54, 1.807) is 12.1 Å². The highest BCUT2D eigenvalue weighted by Crippen LogP contribution is 2.24. The molecule has 0 saturated heterocycles. The number of para-hydroxylation sites is 2. The fourth-order valence-electron chi connectivity index (χ4n) is 1.63. The molecular formula is C14H14INO2. The number of nitrogens with two attached hydrogens (primary N) is 1. The number of benzene rings is 2. The van der Waals surface area contributed by atoms with Crippen molar-refractivity contribution >= 4 is 28.3 Å². The van der Waals surface area contributed by atoms with Crippen LogP contribution in [0.2, 0.25) is 0 Å². The van der Waals surface area contributed by atoms with Crippen LogP contribution >= 0.6 is 22.6 Å². The summed E-state index contributed by atoms with van der Waals surface area (Å²) in [6.45, 7) is 0.189. The molecule has 2 aromatic rings. The molecule has 0 spiro atoms. The van der Waals surface area contributed by atoms with Gasteiger partial charge in [0.15, 0.2) is 0 Å². The van der Waals surface area contributed by atoms with Crippen molar-refractivity contribution in [3.63, 3.8) is 0 Å². The molecule has 0 aliphatic carbocycles. The summed E-state index contributed by atoms with van der Waals surface area (Å²) in [6, 6.07) is 14.9. The quantitative estimate of drug-likeness (QED) is 0.655. The Labute approximate surface area is 120 Å². The van der Waals surface area contributed by atoms with Crippen molar-refractivity contribution in [2.45, 2.75) is 6.10 Å². The molecule has 3 nitrogen and oxygen atoms in total. The molecule has 0 fully saturated rings. The van der Waals surface area contributed by atoms with Crippen LogP contribution in [-0.4, -0.2) is 11.7 Å². The second-order valence-electron chi connectivity index (χ2n) is 3.89. The highest BCUT2D eigenvalue weighted by molar-refractivity contribution is 14.1. The zero-order valence-corrected chi connectivity index (χ0v) is 11.9. The van der Waals surface area contributed by atoms with E-state index in [-0.39, 0.29) is 6.61 Å². The van der Waals surface area contributed by atoms with Gasteiger partial charge in [-0.2, -0.15) is 0 Å². The van der Waals surface area contributed by atoms with Crippen LogP contribution in [0.15, 0.2) is 48.5 Å². The van der Waals surface area contributed by atoms with Crippen LogP contribution in [0.25, 0.3) is 0 Å². The summed E-state index contributed by atoms with van der Waals surface area (Å²) in [7, 11) is 0. The largest absolute Gasteiger partial charge is 0.489 e. The lowest BCUT2D eigenvalue weighted by molar-refractivity contribution is 0.108. The van der Waals surface area contributed by atoms with Gasteiger partial charge >= 0.3 is 0 Å². The predicted octanol–water partition coefficient (Wildman–Crippen LogP) is 2.99. The molecule has 0 amide bonds. The summed E-state index contributed by atoms with van der Waals surface area (Å²) < 4.78 is 6.61. The van der Waals surface area contributed by atoms with Crippen LogP contribution in [-0.2, 0) is 0 Å². The first-order valence-electron chi connectivity index (χ1n) is 5.58. The minimum absolute atomic E-state index is 0.189. The van der Waals surface area contributed by atoms with Crippen molar-refractivity contribution in [3.05, 3.63) is 57.7 Å². The maximum absolute atomic E-state index is 10.0. The lowest BCUT2D eigenvalue weighted by atomic mass is 10.1. The summed E-state index contributed by atoms with van der Waals surface area (Å²) in [5, 5.41) is 10.0. The van der Waals surface area contributed by atoms with Gasteiger partial charge in [-0.1, -0.05) is 30.3 Å². The Morgan fingerprint density at radius 1 is 1.11 bits per heavy atom. The Bertz CT molecular complexity index is 531. The highest BCUT2D eigenvalue weighted by Gasteiger charge is 2.11. The molecule has 2 aromatic carbocycles. The molecule has 0 saturated carbocycles. The number of hydrogen-bond acceptors (Lipinski definition) is 3. The van der Waals surface area contributed by atoms with E-state index in [0.717, 1.165) is 9.32 Å². The molecule has 0 aromatic heterocycles. The number of nitrogen functional groups attached to an aromatic ring is 1. The number of anilines is 1. The first kappa shape index (κ1) is 13.2. The summed E-state index contributed by atoms with van der Waals surface area (Å²) in [5.41, 5.74) is 7.08. The van der Waals surface area contributed by atoms with E-state index in [2.05, 4.69) is 22.6 Å². The maximum atomic E-state index is 10.0. The van der Waals surface area contributed by atoms with Gasteiger partial charge in [0.05, 0.1) is 3.57 Å². The van der Waals surface area contributed by atoms with Gasteiger partial charge in [0, 0.05) is 11.3 Å². The molecule has 0 heterocycles. The first-order valence-corrected chi connectivity index (χ1v) is 6.66. The molecule has 18 heavy (non-hydrogen) atoms. The third kappa shape index (κ3) is 3.14. The van der Waals surface area contributed by atoms with Crippen molar-refractivity contribution in [3.8, 4) is 5.75 Å². The lowest BCUT2D eigenvalue weighted by Gasteiger charge is -2.15. The summed E-state index contributed by atoms with van der Waals surface area (Å²) in [4.78, 5) is 0. The van der Waals surface area contributed by atoms with E-state index in [1.165, 1.54) is 0 Å². The van der Waals surface area contributed by atoms with Crippen LogP contribution in [0.5, 0.6) is 5.75 Å². The SMILES string of the molecule is Nc1ccccc1C(O)COc1ccccc1I. The van der Waals surface area contributed by atoms with Crippen molar-refractivity contribution in [2.75, 3.05) is 12.3 Å².